The van der Waals surface area contributed by atoms with Gasteiger partial charge in [0.2, 0.25) is 5.91 Å². The lowest BCUT2D eigenvalue weighted by atomic mass is 9.95. The number of aromatic nitrogens is 2. The van der Waals surface area contributed by atoms with Gasteiger partial charge in [-0.25, -0.2) is 9.78 Å². The van der Waals surface area contributed by atoms with Crippen LogP contribution in [0.5, 0.6) is 0 Å². The van der Waals surface area contributed by atoms with Crippen molar-refractivity contribution in [3.63, 3.8) is 0 Å². The fourth-order valence-electron chi connectivity index (χ4n) is 6.23. The summed E-state index contributed by atoms with van der Waals surface area (Å²) in [6.07, 6.45) is 1.55. The highest BCUT2D eigenvalue weighted by Gasteiger charge is 2.29. The Bertz CT molecular complexity index is 1610. The van der Waals surface area contributed by atoms with Gasteiger partial charge in [0.25, 0.3) is 0 Å². The van der Waals surface area contributed by atoms with Crippen LogP contribution in [0.1, 0.15) is 33.7 Å². The number of piperazine rings is 1. The number of carbonyl (C=O) groups is 2. The summed E-state index contributed by atoms with van der Waals surface area (Å²) in [7, 11) is 0. The molecule has 41 heavy (non-hydrogen) atoms. The van der Waals surface area contributed by atoms with E-state index in [0.717, 1.165) is 67.3 Å². The van der Waals surface area contributed by atoms with E-state index in [1.807, 2.05) is 35.2 Å². The molecule has 3 aliphatic rings. The maximum Gasteiger partial charge on any atom is 0.335 e. The Balaban J connectivity index is 1.07. The van der Waals surface area contributed by atoms with E-state index in [1.165, 1.54) is 11.3 Å². The lowest BCUT2D eigenvalue weighted by Gasteiger charge is -2.38. The normalized spacial score (nSPS) is 19.3. The Morgan fingerprint density at radius 1 is 1.00 bits per heavy atom. The topological polar surface area (TPSA) is 91.1 Å². The molecular formula is C32H33N5O4. The molecule has 4 heterocycles. The Morgan fingerprint density at radius 2 is 1.80 bits per heavy atom. The molecule has 9 nitrogen and oxygen atoms in total. The number of hydrogen-bond acceptors (Lipinski definition) is 6. The number of amides is 1. The summed E-state index contributed by atoms with van der Waals surface area (Å²) in [5, 5.41) is 9.53. The zero-order valence-corrected chi connectivity index (χ0v) is 22.9. The summed E-state index contributed by atoms with van der Waals surface area (Å²) in [6.45, 7) is 6.21. The van der Waals surface area contributed by atoms with Crippen molar-refractivity contribution in [3.05, 3.63) is 89.2 Å². The number of imidazole rings is 1. The molecular weight excluding hydrogens is 518 g/mol. The number of nitrogens with zero attached hydrogens (tertiary/aromatic N) is 5. The molecule has 210 valence electrons. The molecule has 2 saturated heterocycles. The average Bonchev–Trinajstić information content (AvgIpc) is 3.31. The number of anilines is 2. The molecule has 3 aliphatic heterocycles. The third kappa shape index (κ3) is 4.96. The van der Waals surface area contributed by atoms with Crippen molar-refractivity contribution in [2.45, 2.75) is 38.6 Å². The number of fused-ring (bicyclic) bond motifs is 2. The summed E-state index contributed by atoms with van der Waals surface area (Å²) >= 11 is 0. The van der Waals surface area contributed by atoms with Crippen LogP contribution >= 0.6 is 0 Å². The molecule has 3 aromatic carbocycles. The van der Waals surface area contributed by atoms with E-state index in [2.05, 4.69) is 32.6 Å². The van der Waals surface area contributed by atoms with Crippen LogP contribution in [0.4, 0.5) is 11.4 Å². The average molecular weight is 552 g/mol. The second-order valence-corrected chi connectivity index (χ2v) is 11.1. The highest BCUT2D eigenvalue weighted by molar-refractivity contribution is 5.97. The smallest absolute Gasteiger partial charge is 0.335 e. The molecule has 1 atom stereocenters. The molecule has 1 amide bonds. The van der Waals surface area contributed by atoms with Gasteiger partial charge in [-0.05, 0) is 53.9 Å². The zero-order valence-electron chi connectivity index (χ0n) is 22.9. The Kier molecular flexibility index (Phi) is 6.68. The fourth-order valence-corrected chi connectivity index (χ4v) is 6.23. The molecule has 1 N–H and O–H groups in total. The van der Waals surface area contributed by atoms with Crippen LogP contribution in [0.3, 0.4) is 0 Å². The first-order valence-electron chi connectivity index (χ1n) is 14.3. The first-order valence-corrected chi connectivity index (χ1v) is 14.3. The van der Waals surface area contributed by atoms with E-state index in [9.17, 15) is 14.7 Å². The Labute approximate surface area is 238 Å². The fraction of sp³-hybridized carbons (Fsp3) is 0.344. The summed E-state index contributed by atoms with van der Waals surface area (Å²) in [5.41, 5.74) is 6.39. The van der Waals surface area contributed by atoms with Crippen LogP contribution in [-0.2, 0) is 35.6 Å². The van der Waals surface area contributed by atoms with E-state index >= 15 is 0 Å². The number of carboxylic acids is 1. The third-order valence-corrected chi connectivity index (χ3v) is 8.61. The minimum atomic E-state index is -0.935. The van der Waals surface area contributed by atoms with E-state index in [1.54, 1.807) is 18.2 Å². The summed E-state index contributed by atoms with van der Waals surface area (Å²) in [6, 6.07) is 21.4. The number of aromatic carboxylic acids is 1. The van der Waals surface area contributed by atoms with Crippen LogP contribution in [0, 0.1) is 0 Å². The number of ether oxygens (including phenoxy) is 1. The monoisotopic (exact) mass is 551 g/mol. The minimum absolute atomic E-state index is 0.134. The van der Waals surface area contributed by atoms with Crippen molar-refractivity contribution < 1.29 is 19.4 Å². The van der Waals surface area contributed by atoms with Crippen LogP contribution in [0.25, 0.3) is 11.0 Å². The lowest BCUT2D eigenvalue weighted by molar-refractivity contribution is -0.118. The number of carbonyl (C=O) groups excluding carboxylic acids is 1. The second kappa shape index (κ2) is 10.6. The summed E-state index contributed by atoms with van der Waals surface area (Å²) in [4.78, 5) is 36.4. The highest BCUT2D eigenvalue weighted by Crippen LogP contribution is 2.32. The maximum absolute atomic E-state index is 13.2. The first-order chi connectivity index (χ1) is 20.0. The first kappa shape index (κ1) is 25.7. The van der Waals surface area contributed by atoms with Gasteiger partial charge in [-0.1, -0.05) is 30.3 Å². The third-order valence-electron chi connectivity index (χ3n) is 8.61. The SMILES string of the molecule is O=C(O)c1ccc2nc(CN3CCN(c4cccc5c4CC(=O)N(c4ccccc4)C5)CC3)n(C[C@@H]3CCO3)c2c1. The summed E-state index contributed by atoms with van der Waals surface area (Å²) in [5.74, 6) is 0.139. The Hall–Kier alpha value is -4.21. The van der Waals surface area contributed by atoms with Gasteiger partial charge < -0.3 is 24.2 Å². The van der Waals surface area contributed by atoms with Crippen LogP contribution < -0.4 is 9.80 Å². The number of rotatable bonds is 7. The number of carboxylic acid groups (broad SMARTS) is 1. The van der Waals surface area contributed by atoms with E-state index in [0.29, 0.717) is 26.1 Å². The lowest BCUT2D eigenvalue weighted by Crippen LogP contribution is -2.47. The molecule has 0 spiro atoms. The van der Waals surface area contributed by atoms with E-state index in [-0.39, 0.29) is 17.6 Å². The molecule has 0 aliphatic carbocycles. The van der Waals surface area contributed by atoms with Crippen molar-refractivity contribution >= 4 is 34.3 Å². The number of hydrogen-bond donors (Lipinski definition) is 1. The van der Waals surface area contributed by atoms with Gasteiger partial charge in [-0.3, -0.25) is 9.69 Å². The number of benzene rings is 3. The van der Waals surface area contributed by atoms with Crippen molar-refractivity contribution in [1.29, 1.82) is 0 Å². The molecule has 0 bridgehead atoms. The van der Waals surface area contributed by atoms with E-state index < -0.39 is 5.97 Å². The van der Waals surface area contributed by atoms with Gasteiger partial charge in [0.05, 0.1) is 48.8 Å². The van der Waals surface area contributed by atoms with Crippen molar-refractivity contribution in [2.75, 3.05) is 42.6 Å². The molecule has 2 fully saturated rings. The van der Waals surface area contributed by atoms with Gasteiger partial charge in [-0.15, -0.1) is 0 Å². The molecule has 1 aromatic heterocycles. The van der Waals surface area contributed by atoms with Crippen LogP contribution in [-0.4, -0.2) is 70.3 Å². The van der Waals surface area contributed by atoms with Crippen molar-refractivity contribution in [1.82, 2.24) is 14.5 Å². The van der Waals surface area contributed by atoms with Crippen molar-refractivity contribution in [2.24, 2.45) is 0 Å². The zero-order chi connectivity index (χ0) is 27.9. The number of para-hydroxylation sites is 1. The molecule has 9 heteroatoms. The quantitative estimate of drug-likeness (QED) is 0.372. The molecule has 0 saturated carbocycles. The van der Waals surface area contributed by atoms with E-state index in [4.69, 9.17) is 9.72 Å². The predicted octanol–water partition coefficient (Wildman–Crippen LogP) is 3.93. The maximum atomic E-state index is 13.2. The van der Waals surface area contributed by atoms with Crippen LogP contribution in [0.2, 0.25) is 0 Å². The largest absolute Gasteiger partial charge is 0.478 e. The van der Waals surface area contributed by atoms with Gasteiger partial charge in [0, 0.05) is 44.2 Å². The highest BCUT2D eigenvalue weighted by atomic mass is 16.5. The van der Waals surface area contributed by atoms with Crippen LogP contribution in [0.15, 0.2) is 66.7 Å². The summed E-state index contributed by atoms with van der Waals surface area (Å²) < 4.78 is 7.86. The minimum Gasteiger partial charge on any atom is -0.478 e. The van der Waals surface area contributed by atoms with Gasteiger partial charge in [0.15, 0.2) is 0 Å². The standard InChI is InChI=1S/C32H33N5O4/c38-31-18-26-23(19-36(31)24-6-2-1-3-7-24)5-4-8-28(26)35-14-12-34(13-15-35)21-30-33-27-10-9-22(32(39)40)17-29(27)37(30)20-25-11-16-41-25/h1-10,17,25H,11-16,18-21H2,(H,39,40)/t25-/m0/s1. The molecule has 4 aromatic rings. The van der Waals surface area contributed by atoms with Gasteiger partial charge in [0.1, 0.15) is 5.82 Å². The second-order valence-electron chi connectivity index (χ2n) is 11.1. The molecule has 7 rings (SSSR count). The molecule has 0 unspecified atom stereocenters. The predicted molar refractivity (Wildman–Crippen MR) is 156 cm³/mol. The van der Waals surface area contributed by atoms with Gasteiger partial charge in [-0.2, -0.15) is 0 Å². The molecule has 0 radical (unpaired) electrons. The van der Waals surface area contributed by atoms with Crippen molar-refractivity contribution in [3.8, 4) is 0 Å². The van der Waals surface area contributed by atoms with Gasteiger partial charge >= 0.3 is 5.97 Å². The Morgan fingerprint density at radius 3 is 2.54 bits per heavy atom.